The lowest BCUT2D eigenvalue weighted by molar-refractivity contribution is -0.139. The van der Waals surface area contributed by atoms with Crippen LogP contribution in [-0.4, -0.2) is 24.9 Å². The second-order valence-electron chi connectivity index (χ2n) is 3.22. The Bertz CT molecular complexity index is 161. The Labute approximate surface area is 85.4 Å². The predicted molar refractivity (Wildman–Crippen MR) is 55.8 cm³/mol. The molecule has 4 heteroatoms. The zero-order valence-corrected chi connectivity index (χ0v) is 9.06. The minimum atomic E-state index is -0.519. The minimum Gasteiger partial charge on any atom is -0.348 e. The van der Waals surface area contributed by atoms with Gasteiger partial charge in [0.25, 0.3) is 0 Å². The molecule has 82 valence electrons. The first-order valence-corrected chi connectivity index (χ1v) is 5.28. The van der Waals surface area contributed by atoms with E-state index in [0.717, 1.165) is 25.7 Å². The van der Waals surface area contributed by atoms with Crippen molar-refractivity contribution in [3.05, 3.63) is 0 Å². The molecule has 0 aliphatic rings. The highest BCUT2D eigenvalue weighted by atomic mass is 16.2. The second kappa shape index (κ2) is 8.53. The standard InChI is InChI=1S/C10H20N2O2/c1-3-5-7-11-9(13)10(14)12-8-6-4-2/h3-8H2,1-2H3,(H,11,13)(H,12,14). The third kappa shape index (κ3) is 6.46. The van der Waals surface area contributed by atoms with Crippen molar-refractivity contribution < 1.29 is 9.59 Å². The fourth-order valence-electron chi connectivity index (χ4n) is 0.918. The van der Waals surface area contributed by atoms with Gasteiger partial charge in [-0.2, -0.15) is 0 Å². The molecule has 14 heavy (non-hydrogen) atoms. The number of hydrogen-bond acceptors (Lipinski definition) is 2. The Hall–Kier alpha value is -1.06. The first-order chi connectivity index (χ1) is 6.72. The van der Waals surface area contributed by atoms with E-state index in [2.05, 4.69) is 10.6 Å². The quantitative estimate of drug-likeness (QED) is 0.492. The Morgan fingerprint density at radius 2 is 1.21 bits per heavy atom. The highest BCUT2D eigenvalue weighted by molar-refractivity contribution is 6.35. The fourth-order valence-corrected chi connectivity index (χ4v) is 0.918. The van der Waals surface area contributed by atoms with Crippen molar-refractivity contribution in [3.8, 4) is 0 Å². The van der Waals surface area contributed by atoms with Gasteiger partial charge in [-0.1, -0.05) is 26.7 Å². The molecular formula is C10H20N2O2. The van der Waals surface area contributed by atoms with Gasteiger partial charge in [0.1, 0.15) is 0 Å². The van der Waals surface area contributed by atoms with Crippen molar-refractivity contribution in [1.82, 2.24) is 10.6 Å². The molecule has 0 aromatic carbocycles. The molecule has 0 fully saturated rings. The van der Waals surface area contributed by atoms with Crippen LogP contribution in [0.15, 0.2) is 0 Å². The Kier molecular flexibility index (Phi) is 7.89. The summed E-state index contributed by atoms with van der Waals surface area (Å²) in [6.45, 7) is 5.23. The summed E-state index contributed by atoms with van der Waals surface area (Å²) in [6.07, 6.45) is 3.84. The largest absolute Gasteiger partial charge is 0.348 e. The van der Waals surface area contributed by atoms with E-state index in [-0.39, 0.29) is 0 Å². The number of nitrogens with one attached hydrogen (secondary N) is 2. The first-order valence-electron chi connectivity index (χ1n) is 5.28. The normalized spacial score (nSPS) is 9.57. The molecule has 4 nitrogen and oxygen atoms in total. The van der Waals surface area contributed by atoms with E-state index < -0.39 is 11.8 Å². The number of amides is 2. The smallest absolute Gasteiger partial charge is 0.309 e. The van der Waals surface area contributed by atoms with Gasteiger partial charge in [0.05, 0.1) is 0 Å². The molecule has 0 aliphatic heterocycles. The maximum atomic E-state index is 11.1. The van der Waals surface area contributed by atoms with E-state index in [1.165, 1.54) is 0 Å². The second-order valence-corrected chi connectivity index (χ2v) is 3.22. The number of hydrogen-bond donors (Lipinski definition) is 2. The molecule has 2 N–H and O–H groups in total. The van der Waals surface area contributed by atoms with Crippen LogP contribution in [-0.2, 0) is 9.59 Å². The molecule has 0 aliphatic carbocycles. The molecule has 0 atom stereocenters. The number of rotatable bonds is 6. The van der Waals surface area contributed by atoms with Crippen molar-refractivity contribution in [2.75, 3.05) is 13.1 Å². The third-order valence-electron chi connectivity index (χ3n) is 1.84. The van der Waals surface area contributed by atoms with E-state index >= 15 is 0 Å². The summed E-state index contributed by atoms with van der Waals surface area (Å²) in [7, 11) is 0. The molecule has 0 spiro atoms. The molecule has 0 radical (unpaired) electrons. The summed E-state index contributed by atoms with van der Waals surface area (Å²) >= 11 is 0. The van der Waals surface area contributed by atoms with E-state index in [0.29, 0.717) is 13.1 Å². The Morgan fingerprint density at radius 3 is 1.50 bits per heavy atom. The van der Waals surface area contributed by atoms with Gasteiger partial charge in [-0.05, 0) is 12.8 Å². The first kappa shape index (κ1) is 12.9. The van der Waals surface area contributed by atoms with E-state index in [9.17, 15) is 9.59 Å². The Balaban J connectivity index is 3.50. The van der Waals surface area contributed by atoms with Crippen LogP contribution in [0.1, 0.15) is 39.5 Å². The number of carbonyl (C=O) groups is 2. The van der Waals surface area contributed by atoms with Gasteiger partial charge in [-0.15, -0.1) is 0 Å². The van der Waals surface area contributed by atoms with Crippen molar-refractivity contribution >= 4 is 11.8 Å². The molecule has 0 saturated heterocycles. The molecule has 0 saturated carbocycles. The third-order valence-corrected chi connectivity index (χ3v) is 1.84. The van der Waals surface area contributed by atoms with Crippen molar-refractivity contribution in [3.63, 3.8) is 0 Å². The average Bonchev–Trinajstić information content (AvgIpc) is 2.18. The molecule has 0 bridgehead atoms. The van der Waals surface area contributed by atoms with Crippen molar-refractivity contribution in [2.45, 2.75) is 39.5 Å². The van der Waals surface area contributed by atoms with E-state index in [4.69, 9.17) is 0 Å². The van der Waals surface area contributed by atoms with E-state index in [1.54, 1.807) is 0 Å². The molecule has 0 aromatic heterocycles. The van der Waals surface area contributed by atoms with Gasteiger partial charge in [-0.3, -0.25) is 9.59 Å². The molecule has 0 unspecified atom stereocenters. The maximum Gasteiger partial charge on any atom is 0.309 e. The van der Waals surface area contributed by atoms with Gasteiger partial charge in [0, 0.05) is 13.1 Å². The molecule has 0 heterocycles. The highest BCUT2D eigenvalue weighted by Crippen LogP contribution is 1.84. The fraction of sp³-hybridized carbons (Fsp3) is 0.800. The zero-order chi connectivity index (χ0) is 10.8. The summed E-state index contributed by atoms with van der Waals surface area (Å²) < 4.78 is 0. The van der Waals surface area contributed by atoms with Gasteiger partial charge in [0.15, 0.2) is 0 Å². The molecule has 0 rings (SSSR count). The zero-order valence-electron chi connectivity index (χ0n) is 9.06. The lowest BCUT2D eigenvalue weighted by Gasteiger charge is -2.04. The van der Waals surface area contributed by atoms with Gasteiger partial charge in [0.2, 0.25) is 0 Å². The summed E-state index contributed by atoms with van der Waals surface area (Å²) in [6, 6.07) is 0. The summed E-state index contributed by atoms with van der Waals surface area (Å²) in [5, 5.41) is 5.12. The van der Waals surface area contributed by atoms with Gasteiger partial charge < -0.3 is 10.6 Å². The maximum absolute atomic E-state index is 11.1. The predicted octanol–water partition coefficient (Wildman–Crippen LogP) is 0.819. The van der Waals surface area contributed by atoms with Gasteiger partial charge >= 0.3 is 11.8 Å². The van der Waals surface area contributed by atoms with Crippen LogP contribution in [0.3, 0.4) is 0 Å². The van der Waals surface area contributed by atoms with Crippen LogP contribution in [0, 0.1) is 0 Å². The van der Waals surface area contributed by atoms with Crippen LogP contribution in [0.2, 0.25) is 0 Å². The van der Waals surface area contributed by atoms with Crippen LogP contribution in [0.4, 0.5) is 0 Å². The molecular weight excluding hydrogens is 180 g/mol. The highest BCUT2D eigenvalue weighted by Gasteiger charge is 2.10. The summed E-state index contributed by atoms with van der Waals surface area (Å²) in [4.78, 5) is 22.2. The lowest BCUT2D eigenvalue weighted by atomic mass is 10.3. The van der Waals surface area contributed by atoms with Crippen molar-refractivity contribution in [1.29, 1.82) is 0 Å². The van der Waals surface area contributed by atoms with Crippen LogP contribution in [0.25, 0.3) is 0 Å². The lowest BCUT2D eigenvalue weighted by Crippen LogP contribution is -2.40. The minimum absolute atomic E-state index is 0.519. The Morgan fingerprint density at radius 1 is 0.857 bits per heavy atom. The van der Waals surface area contributed by atoms with Crippen LogP contribution in [0.5, 0.6) is 0 Å². The van der Waals surface area contributed by atoms with E-state index in [1.807, 2.05) is 13.8 Å². The monoisotopic (exact) mass is 200 g/mol. The molecule has 2 amide bonds. The summed E-state index contributed by atoms with van der Waals surface area (Å²) in [5.41, 5.74) is 0. The van der Waals surface area contributed by atoms with Crippen molar-refractivity contribution in [2.24, 2.45) is 0 Å². The van der Waals surface area contributed by atoms with Crippen LogP contribution >= 0.6 is 0 Å². The topological polar surface area (TPSA) is 58.2 Å². The van der Waals surface area contributed by atoms with Crippen LogP contribution < -0.4 is 10.6 Å². The number of carbonyl (C=O) groups excluding carboxylic acids is 2. The van der Waals surface area contributed by atoms with Gasteiger partial charge in [-0.25, -0.2) is 0 Å². The number of unbranched alkanes of at least 4 members (excludes halogenated alkanes) is 2. The summed E-state index contributed by atoms with van der Waals surface area (Å²) in [5.74, 6) is -1.04. The SMILES string of the molecule is CCCCNC(=O)C(=O)NCCCC. The average molecular weight is 200 g/mol. The molecule has 0 aromatic rings.